The fourth-order valence-corrected chi connectivity index (χ4v) is 1.76. The molecule has 0 aliphatic carbocycles. The van der Waals surface area contributed by atoms with Crippen molar-refractivity contribution in [3.05, 3.63) is 52.2 Å². The van der Waals surface area contributed by atoms with Gasteiger partial charge in [0.1, 0.15) is 10.6 Å². The Hall–Kier alpha value is -1.61. The van der Waals surface area contributed by atoms with Crippen LogP contribution in [-0.2, 0) is 0 Å². The summed E-state index contributed by atoms with van der Waals surface area (Å²) < 4.78 is 5.19. The number of carbonyl (C=O) groups excluding carboxylic acids is 1. The average Bonchev–Trinajstić information content (AvgIpc) is 2.74. The Morgan fingerprint density at radius 3 is 2.44 bits per heavy atom. The van der Waals surface area contributed by atoms with E-state index in [4.69, 9.17) is 4.74 Å². The van der Waals surface area contributed by atoms with Crippen LogP contribution in [0.2, 0.25) is 0 Å². The number of esters is 1. The van der Waals surface area contributed by atoms with E-state index in [1.54, 1.807) is 18.2 Å². The number of aryl methyl sites for hydroxylation is 1. The van der Waals surface area contributed by atoms with Crippen LogP contribution < -0.4 is 4.74 Å². The Bertz CT molecular complexity index is 443. The van der Waals surface area contributed by atoms with E-state index < -0.39 is 0 Å². The molecule has 2 rings (SSSR count). The van der Waals surface area contributed by atoms with Gasteiger partial charge in [0.25, 0.3) is 0 Å². The molecule has 3 heteroatoms. The van der Waals surface area contributed by atoms with Crippen LogP contribution in [0.1, 0.15) is 22.7 Å². The Balaban J connectivity index is 0.00000128. The highest BCUT2D eigenvalue weighted by molar-refractivity contribution is 7.12. The molecule has 0 bridgehead atoms. The molecule has 84 valence electrons. The minimum absolute atomic E-state index is 0. The van der Waals surface area contributed by atoms with Crippen molar-refractivity contribution in [2.45, 2.75) is 14.4 Å². The van der Waals surface area contributed by atoms with Gasteiger partial charge >= 0.3 is 5.97 Å². The minimum Gasteiger partial charge on any atom is -0.422 e. The van der Waals surface area contributed by atoms with Gasteiger partial charge in [0.05, 0.1) is 0 Å². The highest BCUT2D eigenvalue weighted by Gasteiger charge is 2.08. The third-order valence-electron chi connectivity index (χ3n) is 1.95. The fraction of sp³-hybridized carbons (Fsp3) is 0.154. The lowest BCUT2D eigenvalue weighted by molar-refractivity contribution is 0.0740. The standard InChI is InChI=1S/C12H10O2S.CH4/c1-9-4-6-10(7-5-9)14-12(13)11-3-2-8-15-11;/h2-8H,1H3;1H4. The van der Waals surface area contributed by atoms with Crippen molar-refractivity contribution in [1.82, 2.24) is 0 Å². The Kier molecular flexibility index (Phi) is 4.26. The summed E-state index contributed by atoms with van der Waals surface area (Å²) in [5.74, 6) is 0.285. The third-order valence-corrected chi connectivity index (χ3v) is 2.80. The number of hydrogen-bond donors (Lipinski definition) is 0. The average molecular weight is 234 g/mol. The summed E-state index contributed by atoms with van der Waals surface area (Å²) in [7, 11) is 0. The molecule has 2 nitrogen and oxygen atoms in total. The maximum Gasteiger partial charge on any atom is 0.353 e. The molecule has 0 aliphatic rings. The van der Waals surface area contributed by atoms with Gasteiger partial charge < -0.3 is 4.74 Å². The number of hydrogen-bond acceptors (Lipinski definition) is 3. The zero-order valence-electron chi connectivity index (χ0n) is 8.27. The Morgan fingerprint density at radius 1 is 1.19 bits per heavy atom. The molecular formula is C13H14O2S. The van der Waals surface area contributed by atoms with Crippen LogP contribution >= 0.6 is 11.3 Å². The van der Waals surface area contributed by atoms with Crippen LogP contribution in [0.5, 0.6) is 5.75 Å². The zero-order valence-corrected chi connectivity index (χ0v) is 9.08. The highest BCUT2D eigenvalue weighted by atomic mass is 32.1. The van der Waals surface area contributed by atoms with Crippen molar-refractivity contribution in [1.29, 1.82) is 0 Å². The number of carbonyl (C=O) groups is 1. The van der Waals surface area contributed by atoms with Crippen LogP contribution in [0.4, 0.5) is 0 Å². The molecule has 0 radical (unpaired) electrons. The van der Waals surface area contributed by atoms with Crippen molar-refractivity contribution in [3.8, 4) is 5.75 Å². The van der Waals surface area contributed by atoms with Gasteiger partial charge in [-0.05, 0) is 30.5 Å². The van der Waals surface area contributed by atoms with Crippen LogP contribution in [0.15, 0.2) is 41.8 Å². The van der Waals surface area contributed by atoms with E-state index >= 15 is 0 Å². The first-order valence-electron chi connectivity index (χ1n) is 4.58. The smallest absolute Gasteiger partial charge is 0.353 e. The lowest BCUT2D eigenvalue weighted by Crippen LogP contribution is -2.05. The van der Waals surface area contributed by atoms with Gasteiger partial charge in [-0.15, -0.1) is 11.3 Å². The number of benzene rings is 1. The van der Waals surface area contributed by atoms with E-state index in [9.17, 15) is 4.79 Å². The van der Waals surface area contributed by atoms with Crippen molar-refractivity contribution in [2.24, 2.45) is 0 Å². The van der Waals surface area contributed by atoms with Gasteiger partial charge in [-0.1, -0.05) is 31.2 Å². The van der Waals surface area contributed by atoms with Gasteiger partial charge in [0.2, 0.25) is 0 Å². The fourth-order valence-electron chi connectivity index (χ4n) is 1.16. The predicted molar refractivity (Wildman–Crippen MR) is 67.2 cm³/mol. The molecule has 0 saturated heterocycles. The largest absolute Gasteiger partial charge is 0.422 e. The van der Waals surface area contributed by atoms with Crippen LogP contribution in [0.25, 0.3) is 0 Å². The van der Waals surface area contributed by atoms with Gasteiger partial charge in [-0.3, -0.25) is 0 Å². The summed E-state index contributed by atoms with van der Waals surface area (Å²) in [5, 5.41) is 1.85. The van der Waals surface area contributed by atoms with E-state index in [0.717, 1.165) is 5.56 Å². The topological polar surface area (TPSA) is 26.3 Å². The summed E-state index contributed by atoms with van der Waals surface area (Å²) in [4.78, 5) is 12.2. The van der Waals surface area contributed by atoms with Gasteiger partial charge in [0.15, 0.2) is 0 Å². The van der Waals surface area contributed by atoms with E-state index in [2.05, 4.69) is 0 Å². The van der Waals surface area contributed by atoms with Gasteiger partial charge in [-0.25, -0.2) is 4.79 Å². The highest BCUT2D eigenvalue weighted by Crippen LogP contribution is 2.15. The van der Waals surface area contributed by atoms with E-state index in [-0.39, 0.29) is 13.4 Å². The minimum atomic E-state index is -0.297. The quantitative estimate of drug-likeness (QED) is 0.581. The molecule has 0 atom stereocenters. The normalized spacial score (nSPS) is 9.31. The molecule has 1 aromatic carbocycles. The molecule has 0 fully saturated rings. The second kappa shape index (κ2) is 5.47. The molecule has 1 heterocycles. The van der Waals surface area contributed by atoms with Crippen molar-refractivity contribution < 1.29 is 9.53 Å². The van der Waals surface area contributed by atoms with E-state index in [1.807, 2.05) is 30.5 Å². The summed E-state index contributed by atoms with van der Waals surface area (Å²) in [6, 6.07) is 11.0. The molecule has 2 aromatic rings. The SMILES string of the molecule is C.Cc1ccc(OC(=O)c2cccs2)cc1. The molecule has 0 saturated carbocycles. The zero-order chi connectivity index (χ0) is 10.7. The van der Waals surface area contributed by atoms with Crippen LogP contribution in [-0.4, -0.2) is 5.97 Å². The third kappa shape index (κ3) is 2.94. The second-order valence-electron chi connectivity index (χ2n) is 3.18. The Labute approximate surface area is 99.5 Å². The van der Waals surface area contributed by atoms with Crippen LogP contribution in [0, 0.1) is 6.92 Å². The van der Waals surface area contributed by atoms with Crippen molar-refractivity contribution in [2.75, 3.05) is 0 Å². The molecule has 0 aliphatic heterocycles. The molecule has 0 spiro atoms. The maximum absolute atomic E-state index is 11.5. The molecule has 1 aromatic heterocycles. The number of thiophene rings is 1. The summed E-state index contributed by atoms with van der Waals surface area (Å²) in [6.45, 7) is 1.99. The van der Waals surface area contributed by atoms with E-state index in [1.165, 1.54) is 11.3 Å². The van der Waals surface area contributed by atoms with Crippen molar-refractivity contribution in [3.63, 3.8) is 0 Å². The maximum atomic E-state index is 11.5. The summed E-state index contributed by atoms with van der Waals surface area (Å²) >= 11 is 1.38. The second-order valence-corrected chi connectivity index (χ2v) is 4.13. The van der Waals surface area contributed by atoms with Crippen molar-refractivity contribution >= 4 is 17.3 Å². The Morgan fingerprint density at radius 2 is 1.88 bits per heavy atom. The van der Waals surface area contributed by atoms with Crippen LogP contribution in [0.3, 0.4) is 0 Å². The monoisotopic (exact) mass is 234 g/mol. The molecule has 0 unspecified atom stereocenters. The molecule has 16 heavy (non-hydrogen) atoms. The summed E-state index contributed by atoms with van der Waals surface area (Å²) in [6.07, 6.45) is 0. The molecule has 0 N–H and O–H groups in total. The first kappa shape index (κ1) is 12.5. The lowest BCUT2D eigenvalue weighted by atomic mass is 10.2. The van der Waals surface area contributed by atoms with Gasteiger partial charge in [-0.2, -0.15) is 0 Å². The first-order chi connectivity index (χ1) is 7.25. The number of ether oxygens (including phenoxy) is 1. The van der Waals surface area contributed by atoms with E-state index in [0.29, 0.717) is 10.6 Å². The lowest BCUT2D eigenvalue weighted by Gasteiger charge is -2.02. The molecular weight excluding hydrogens is 220 g/mol. The van der Waals surface area contributed by atoms with Gasteiger partial charge in [0, 0.05) is 0 Å². The summed E-state index contributed by atoms with van der Waals surface area (Å²) in [5.41, 5.74) is 1.14. The first-order valence-corrected chi connectivity index (χ1v) is 5.46. The molecule has 0 amide bonds. The predicted octanol–water partition coefficient (Wildman–Crippen LogP) is 3.91. The number of rotatable bonds is 2.